The molecule has 0 heterocycles. The van der Waals surface area contributed by atoms with Crippen molar-refractivity contribution >= 4 is 54.7 Å². The van der Waals surface area contributed by atoms with E-state index in [1.54, 1.807) is 36.4 Å². The maximum absolute atomic E-state index is 12.7. The zero-order valence-corrected chi connectivity index (χ0v) is 17.6. The van der Waals surface area contributed by atoms with Crippen LogP contribution in [0, 0.1) is 10.1 Å². The van der Waals surface area contributed by atoms with Gasteiger partial charge in [0.2, 0.25) is 0 Å². The molecule has 0 aliphatic rings. The monoisotopic (exact) mass is 490 g/mol. The van der Waals surface area contributed by atoms with Crippen LogP contribution in [0.15, 0.2) is 82.2 Å². The lowest BCUT2D eigenvalue weighted by molar-refractivity contribution is -0.385. The largest absolute Gasteiger partial charge is 0.323 e. The third-order valence-electron chi connectivity index (χ3n) is 3.88. The number of carbonyl (C=O) groups is 1. The summed E-state index contributed by atoms with van der Waals surface area (Å²) >= 11 is 3.32. The lowest BCUT2D eigenvalue weighted by Gasteiger charge is -2.14. The number of amides is 2. The number of rotatable bonds is 6. The van der Waals surface area contributed by atoms with Crippen LogP contribution in [0.5, 0.6) is 0 Å². The molecule has 0 spiro atoms. The molecular formula is C19H15BrN4O5S. The molecule has 3 rings (SSSR count). The highest BCUT2D eigenvalue weighted by atomic mass is 79.9. The van der Waals surface area contributed by atoms with Gasteiger partial charge in [0.25, 0.3) is 15.7 Å². The Hall–Kier alpha value is -3.44. The topological polar surface area (TPSA) is 130 Å². The third kappa shape index (κ3) is 5.13. The first-order valence-electron chi connectivity index (χ1n) is 8.45. The number of non-ortho nitro benzene ring substituents is 1. The average molecular weight is 491 g/mol. The molecule has 154 valence electrons. The summed E-state index contributed by atoms with van der Waals surface area (Å²) in [5.41, 5.74) is 0.490. The van der Waals surface area contributed by atoms with E-state index >= 15 is 0 Å². The Morgan fingerprint density at radius 2 is 1.47 bits per heavy atom. The van der Waals surface area contributed by atoms with Gasteiger partial charge in [-0.1, -0.05) is 30.3 Å². The molecule has 0 fully saturated rings. The molecule has 0 unspecified atom stereocenters. The number of halogens is 1. The van der Waals surface area contributed by atoms with E-state index in [1.165, 1.54) is 30.3 Å². The molecule has 0 saturated carbocycles. The van der Waals surface area contributed by atoms with Gasteiger partial charge in [-0.2, -0.15) is 0 Å². The van der Waals surface area contributed by atoms with Gasteiger partial charge in [0, 0.05) is 16.6 Å². The van der Waals surface area contributed by atoms with E-state index in [2.05, 4.69) is 31.3 Å². The van der Waals surface area contributed by atoms with Gasteiger partial charge in [-0.25, -0.2) is 13.2 Å². The van der Waals surface area contributed by atoms with E-state index < -0.39 is 21.0 Å². The van der Waals surface area contributed by atoms with Gasteiger partial charge in [0.15, 0.2) is 0 Å². The number of urea groups is 1. The van der Waals surface area contributed by atoms with Crippen LogP contribution in [0.25, 0.3) is 0 Å². The van der Waals surface area contributed by atoms with Gasteiger partial charge in [0.1, 0.15) is 0 Å². The molecule has 3 aromatic rings. The fourth-order valence-corrected chi connectivity index (χ4v) is 3.99. The molecule has 0 aromatic heterocycles. The number of para-hydroxylation sites is 3. The molecule has 0 saturated heterocycles. The Morgan fingerprint density at radius 3 is 2.13 bits per heavy atom. The van der Waals surface area contributed by atoms with E-state index in [9.17, 15) is 23.3 Å². The van der Waals surface area contributed by atoms with Crippen molar-refractivity contribution in [3.63, 3.8) is 0 Å². The second-order valence-corrected chi connectivity index (χ2v) is 8.50. The van der Waals surface area contributed by atoms with Gasteiger partial charge >= 0.3 is 6.03 Å². The SMILES string of the molecule is O=C(Nc1ccccc1Br)Nc1ccccc1NS(=O)(=O)c1cccc([N+](=O)[O-])c1. The standard InChI is InChI=1S/C19H15BrN4O5S/c20-15-8-1-2-9-16(15)21-19(25)22-17-10-3-4-11-18(17)23-30(28,29)14-7-5-6-13(12-14)24(26)27/h1-12,23H,(H2,21,22,25). The van der Waals surface area contributed by atoms with E-state index in [0.717, 1.165) is 6.07 Å². The van der Waals surface area contributed by atoms with Crippen LogP contribution in [0.4, 0.5) is 27.5 Å². The molecular weight excluding hydrogens is 476 g/mol. The summed E-state index contributed by atoms with van der Waals surface area (Å²) in [7, 11) is -4.13. The van der Waals surface area contributed by atoms with Crippen molar-refractivity contribution in [2.75, 3.05) is 15.4 Å². The Bertz CT molecular complexity index is 1220. The molecule has 0 aliphatic carbocycles. The van der Waals surface area contributed by atoms with Crippen molar-refractivity contribution in [2.45, 2.75) is 4.90 Å². The van der Waals surface area contributed by atoms with Crippen molar-refractivity contribution in [2.24, 2.45) is 0 Å². The number of nitrogens with one attached hydrogen (secondary N) is 3. The highest BCUT2D eigenvalue weighted by Crippen LogP contribution is 2.27. The number of nitro benzene ring substituents is 1. The highest BCUT2D eigenvalue weighted by Gasteiger charge is 2.19. The molecule has 0 bridgehead atoms. The molecule has 11 heteroatoms. The summed E-state index contributed by atoms with van der Waals surface area (Å²) in [6.45, 7) is 0. The van der Waals surface area contributed by atoms with Crippen LogP contribution in [0.2, 0.25) is 0 Å². The number of benzene rings is 3. The lowest BCUT2D eigenvalue weighted by atomic mass is 10.3. The number of hydrogen-bond acceptors (Lipinski definition) is 5. The Morgan fingerprint density at radius 1 is 0.867 bits per heavy atom. The summed E-state index contributed by atoms with van der Waals surface area (Å²) < 4.78 is 28.4. The van der Waals surface area contributed by atoms with Gasteiger partial charge in [-0.3, -0.25) is 14.8 Å². The van der Waals surface area contributed by atoms with Crippen LogP contribution in [-0.4, -0.2) is 19.4 Å². The fraction of sp³-hybridized carbons (Fsp3) is 0. The molecule has 2 amide bonds. The van der Waals surface area contributed by atoms with Crippen molar-refractivity contribution in [3.05, 3.63) is 87.4 Å². The van der Waals surface area contributed by atoms with E-state index in [0.29, 0.717) is 10.2 Å². The fourth-order valence-electron chi connectivity index (χ4n) is 2.49. The van der Waals surface area contributed by atoms with Gasteiger partial charge < -0.3 is 10.6 Å². The first-order chi connectivity index (χ1) is 14.3. The number of hydrogen-bond donors (Lipinski definition) is 3. The van der Waals surface area contributed by atoms with Gasteiger partial charge in [-0.05, 0) is 46.3 Å². The number of carbonyl (C=O) groups excluding carboxylic acids is 1. The number of anilines is 3. The second-order valence-electron chi connectivity index (χ2n) is 5.96. The van der Waals surface area contributed by atoms with Crippen LogP contribution >= 0.6 is 15.9 Å². The predicted molar refractivity (Wildman–Crippen MR) is 117 cm³/mol. The first kappa shape index (κ1) is 21.3. The highest BCUT2D eigenvalue weighted by molar-refractivity contribution is 9.10. The lowest BCUT2D eigenvalue weighted by Crippen LogP contribution is -2.21. The summed E-state index contributed by atoms with van der Waals surface area (Å²) in [5, 5.41) is 16.2. The second kappa shape index (κ2) is 8.93. The molecule has 0 atom stereocenters. The smallest absolute Gasteiger partial charge is 0.307 e. The van der Waals surface area contributed by atoms with Crippen molar-refractivity contribution < 1.29 is 18.1 Å². The van der Waals surface area contributed by atoms with Crippen LogP contribution in [0.1, 0.15) is 0 Å². The summed E-state index contributed by atoms with van der Waals surface area (Å²) in [6.07, 6.45) is 0. The average Bonchev–Trinajstić information content (AvgIpc) is 2.71. The van der Waals surface area contributed by atoms with E-state index in [-0.39, 0.29) is 22.0 Å². The molecule has 0 aliphatic heterocycles. The third-order valence-corrected chi connectivity index (χ3v) is 5.94. The minimum Gasteiger partial charge on any atom is -0.307 e. The normalized spacial score (nSPS) is 10.8. The number of nitrogens with zero attached hydrogens (tertiary/aromatic N) is 1. The van der Waals surface area contributed by atoms with Crippen molar-refractivity contribution in [3.8, 4) is 0 Å². The van der Waals surface area contributed by atoms with E-state index in [1.807, 2.05) is 0 Å². The Kier molecular flexibility index (Phi) is 6.33. The zero-order chi connectivity index (χ0) is 21.7. The first-order valence-corrected chi connectivity index (χ1v) is 10.7. The Labute approximate surface area is 180 Å². The molecule has 3 N–H and O–H groups in total. The quantitative estimate of drug-likeness (QED) is 0.337. The molecule has 0 radical (unpaired) electrons. The van der Waals surface area contributed by atoms with E-state index in [4.69, 9.17) is 0 Å². The van der Waals surface area contributed by atoms with Crippen LogP contribution in [-0.2, 0) is 10.0 Å². The Balaban J connectivity index is 1.81. The predicted octanol–water partition coefficient (Wildman–Crippen LogP) is 4.80. The summed E-state index contributed by atoms with van der Waals surface area (Å²) in [5.74, 6) is 0. The van der Waals surface area contributed by atoms with Crippen LogP contribution in [0.3, 0.4) is 0 Å². The summed E-state index contributed by atoms with van der Waals surface area (Å²) in [6, 6.07) is 17.3. The van der Waals surface area contributed by atoms with Crippen molar-refractivity contribution in [1.82, 2.24) is 0 Å². The summed E-state index contributed by atoms with van der Waals surface area (Å²) in [4.78, 5) is 22.3. The maximum atomic E-state index is 12.7. The van der Waals surface area contributed by atoms with Crippen molar-refractivity contribution in [1.29, 1.82) is 0 Å². The number of nitro groups is 1. The minimum absolute atomic E-state index is 0.103. The maximum Gasteiger partial charge on any atom is 0.323 e. The molecule has 9 nitrogen and oxygen atoms in total. The minimum atomic E-state index is -4.13. The number of sulfonamides is 1. The molecule has 30 heavy (non-hydrogen) atoms. The molecule has 3 aromatic carbocycles. The van der Waals surface area contributed by atoms with Gasteiger partial charge in [0.05, 0.1) is 26.9 Å². The zero-order valence-electron chi connectivity index (χ0n) is 15.2. The van der Waals surface area contributed by atoms with Gasteiger partial charge in [-0.15, -0.1) is 0 Å². The van der Waals surface area contributed by atoms with Crippen LogP contribution < -0.4 is 15.4 Å².